The molecule has 0 fully saturated rings. The first-order valence-corrected chi connectivity index (χ1v) is 9.72. The molecule has 170 valence electrons. The first-order chi connectivity index (χ1) is 15.3. The summed E-state index contributed by atoms with van der Waals surface area (Å²) < 4.78 is 18.3. The summed E-state index contributed by atoms with van der Waals surface area (Å²) >= 11 is 5.93. The Morgan fingerprint density at radius 2 is 1.84 bits per heavy atom. The van der Waals surface area contributed by atoms with Crippen molar-refractivity contribution in [1.29, 1.82) is 0 Å². The fourth-order valence-electron chi connectivity index (χ4n) is 2.62. The lowest BCUT2D eigenvalue weighted by Gasteiger charge is -2.11. The largest absolute Gasteiger partial charge is 0.378 e. The van der Waals surface area contributed by atoms with Gasteiger partial charge in [0.15, 0.2) is 0 Å². The standard InChI is InChI=1S/C21H23ClFN5O4/c1-4-13(27-21(31)18-17(20(30)24-2)25-11-26-18)6-7-14(10-32-3)28-19(29)15-8-5-12(23)9-16(15)22/h4-9,25-26H,1,10-11H2,2-3H3,(H,24,30)(H,27,31)(H,28,29)/b13-6+,14-7+. The van der Waals surface area contributed by atoms with Crippen LogP contribution in [0.1, 0.15) is 10.4 Å². The summed E-state index contributed by atoms with van der Waals surface area (Å²) in [6, 6.07) is 3.43. The van der Waals surface area contributed by atoms with Crippen LogP contribution in [0.25, 0.3) is 0 Å². The fraction of sp³-hybridized carbons (Fsp3) is 0.190. The summed E-state index contributed by atoms with van der Waals surface area (Å²) in [6.45, 7) is 3.92. The summed E-state index contributed by atoms with van der Waals surface area (Å²) in [5, 5.41) is 13.2. The second-order valence-electron chi connectivity index (χ2n) is 6.34. The van der Waals surface area contributed by atoms with Gasteiger partial charge >= 0.3 is 0 Å². The highest BCUT2D eigenvalue weighted by Gasteiger charge is 2.24. The zero-order chi connectivity index (χ0) is 23.7. The summed E-state index contributed by atoms with van der Waals surface area (Å²) in [5.41, 5.74) is 0.933. The molecular weight excluding hydrogens is 441 g/mol. The number of amides is 3. The number of likely N-dealkylation sites (N-methyl/N-ethyl adjacent to an activating group) is 1. The van der Waals surface area contributed by atoms with E-state index in [4.69, 9.17) is 16.3 Å². The maximum atomic E-state index is 13.2. The van der Waals surface area contributed by atoms with E-state index in [1.165, 1.54) is 38.5 Å². The van der Waals surface area contributed by atoms with E-state index in [2.05, 4.69) is 33.2 Å². The van der Waals surface area contributed by atoms with Crippen molar-refractivity contribution in [1.82, 2.24) is 26.6 Å². The molecule has 1 aliphatic heterocycles. The number of hydrogen-bond acceptors (Lipinski definition) is 6. The molecule has 0 aliphatic carbocycles. The van der Waals surface area contributed by atoms with Gasteiger partial charge in [0.1, 0.15) is 17.2 Å². The van der Waals surface area contributed by atoms with E-state index in [0.717, 1.165) is 12.1 Å². The molecular formula is C21H23ClFN5O4. The lowest BCUT2D eigenvalue weighted by Crippen LogP contribution is -2.31. The van der Waals surface area contributed by atoms with E-state index < -0.39 is 23.5 Å². The Bertz CT molecular complexity index is 1020. The third-order valence-electron chi connectivity index (χ3n) is 4.15. The quantitative estimate of drug-likeness (QED) is 0.349. The van der Waals surface area contributed by atoms with Crippen LogP contribution < -0.4 is 26.6 Å². The van der Waals surface area contributed by atoms with Crippen molar-refractivity contribution in [2.75, 3.05) is 27.4 Å². The van der Waals surface area contributed by atoms with Crippen molar-refractivity contribution in [2.24, 2.45) is 0 Å². The Morgan fingerprint density at radius 1 is 1.16 bits per heavy atom. The molecule has 0 aromatic heterocycles. The summed E-state index contributed by atoms with van der Waals surface area (Å²) in [4.78, 5) is 36.9. The molecule has 9 nitrogen and oxygen atoms in total. The van der Waals surface area contributed by atoms with Gasteiger partial charge in [0, 0.05) is 25.6 Å². The molecule has 0 bridgehead atoms. The molecule has 3 amide bonds. The number of allylic oxidation sites excluding steroid dienone is 3. The fourth-order valence-corrected chi connectivity index (χ4v) is 2.88. The molecule has 1 heterocycles. The number of carbonyl (C=O) groups is 3. The van der Waals surface area contributed by atoms with Gasteiger partial charge in [-0.05, 0) is 36.4 Å². The van der Waals surface area contributed by atoms with Gasteiger partial charge in [0.2, 0.25) is 0 Å². The van der Waals surface area contributed by atoms with Gasteiger partial charge in [-0.3, -0.25) is 14.4 Å². The summed E-state index contributed by atoms with van der Waals surface area (Å²) in [7, 11) is 2.89. The van der Waals surface area contributed by atoms with E-state index in [1.54, 1.807) is 0 Å². The van der Waals surface area contributed by atoms with E-state index in [0.29, 0.717) is 11.4 Å². The number of halogens is 2. The molecule has 0 atom stereocenters. The minimum atomic E-state index is -0.560. The Morgan fingerprint density at radius 3 is 2.44 bits per heavy atom. The molecule has 0 radical (unpaired) electrons. The van der Waals surface area contributed by atoms with Gasteiger partial charge in [-0.15, -0.1) is 0 Å². The van der Waals surface area contributed by atoms with Gasteiger partial charge in [0.05, 0.1) is 23.9 Å². The maximum absolute atomic E-state index is 13.2. The van der Waals surface area contributed by atoms with Crippen LogP contribution in [-0.4, -0.2) is 45.2 Å². The number of benzene rings is 1. The van der Waals surface area contributed by atoms with Gasteiger partial charge in [-0.1, -0.05) is 18.2 Å². The normalized spacial score (nSPS) is 13.8. The zero-order valence-corrected chi connectivity index (χ0v) is 18.2. The first kappa shape index (κ1) is 24.6. The minimum absolute atomic E-state index is 0.0354. The molecule has 0 unspecified atom stereocenters. The lowest BCUT2D eigenvalue weighted by molar-refractivity contribution is -0.119. The Hall–Kier alpha value is -3.63. The molecule has 0 saturated heterocycles. The number of carbonyl (C=O) groups excluding carboxylic acids is 3. The number of methoxy groups -OCH3 is 1. The molecule has 11 heteroatoms. The van der Waals surface area contributed by atoms with E-state index in [-0.39, 0.29) is 35.3 Å². The van der Waals surface area contributed by atoms with Crippen LogP contribution in [-0.2, 0) is 14.3 Å². The Kier molecular flexibility index (Phi) is 8.99. The zero-order valence-electron chi connectivity index (χ0n) is 17.5. The van der Waals surface area contributed by atoms with Crippen molar-refractivity contribution < 1.29 is 23.5 Å². The lowest BCUT2D eigenvalue weighted by atomic mass is 10.2. The number of rotatable bonds is 9. The van der Waals surface area contributed by atoms with E-state index in [9.17, 15) is 18.8 Å². The predicted molar refractivity (Wildman–Crippen MR) is 117 cm³/mol. The van der Waals surface area contributed by atoms with Crippen molar-refractivity contribution >= 4 is 29.3 Å². The second-order valence-corrected chi connectivity index (χ2v) is 6.75. The third-order valence-corrected chi connectivity index (χ3v) is 4.47. The van der Waals surface area contributed by atoms with Gasteiger partial charge in [0.25, 0.3) is 17.7 Å². The molecule has 1 aliphatic rings. The van der Waals surface area contributed by atoms with Crippen LogP contribution in [0.2, 0.25) is 5.02 Å². The van der Waals surface area contributed by atoms with Crippen molar-refractivity contribution in [3.05, 3.63) is 82.2 Å². The smallest absolute Gasteiger partial charge is 0.274 e. The summed E-state index contributed by atoms with van der Waals surface area (Å²) in [5.74, 6) is -2.11. The maximum Gasteiger partial charge on any atom is 0.274 e. The van der Waals surface area contributed by atoms with Crippen molar-refractivity contribution in [2.45, 2.75) is 0 Å². The Labute approximate surface area is 189 Å². The highest BCUT2D eigenvalue weighted by Crippen LogP contribution is 2.17. The highest BCUT2D eigenvalue weighted by atomic mass is 35.5. The van der Waals surface area contributed by atoms with E-state index in [1.807, 2.05) is 0 Å². The van der Waals surface area contributed by atoms with Crippen LogP contribution in [0.3, 0.4) is 0 Å². The predicted octanol–water partition coefficient (Wildman–Crippen LogP) is 1.03. The average Bonchev–Trinajstić information content (AvgIpc) is 3.26. The second kappa shape index (κ2) is 11.7. The minimum Gasteiger partial charge on any atom is -0.378 e. The molecule has 0 spiro atoms. The van der Waals surface area contributed by atoms with Crippen molar-refractivity contribution in [3.63, 3.8) is 0 Å². The topological polar surface area (TPSA) is 121 Å². The Balaban J connectivity index is 2.18. The van der Waals surface area contributed by atoms with Crippen LogP contribution in [0.15, 0.2) is 65.8 Å². The van der Waals surface area contributed by atoms with Gasteiger partial charge < -0.3 is 31.3 Å². The first-order valence-electron chi connectivity index (χ1n) is 9.34. The SMILES string of the molecule is C=C/C(=C\C=C(/COC)NC(=O)c1ccc(F)cc1Cl)NC(=O)C1=C(C(=O)NC)NCN1. The van der Waals surface area contributed by atoms with Crippen LogP contribution in [0, 0.1) is 5.82 Å². The number of hydrogen-bond donors (Lipinski definition) is 5. The number of ether oxygens (including phenoxy) is 1. The van der Waals surface area contributed by atoms with Gasteiger partial charge in [-0.2, -0.15) is 0 Å². The van der Waals surface area contributed by atoms with Crippen LogP contribution in [0.5, 0.6) is 0 Å². The van der Waals surface area contributed by atoms with Crippen LogP contribution >= 0.6 is 11.6 Å². The molecule has 0 saturated carbocycles. The monoisotopic (exact) mass is 463 g/mol. The molecule has 1 aromatic rings. The molecule has 32 heavy (non-hydrogen) atoms. The highest BCUT2D eigenvalue weighted by molar-refractivity contribution is 6.33. The van der Waals surface area contributed by atoms with Crippen LogP contribution in [0.4, 0.5) is 4.39 Å². The third kappa shape index (κ3) is 6.43. The van der Waals surface area contributed by atoms with Gasteiger partial charge in [-0.25, -0.2) is 4.39 Å². The van der Waals surface area contributed by atoms with E-state index >= 15 is 0 Å². The van der Waals surface area contributed by atoms with Crippen molar-refractivity contribution in [3.8, 4) is 0 Å². The number of nitrogens with one attached hydrogen (secondary N) is 5. The summed E-state index contributed by atoms with van der Waals surface area (Å²) in [6.07, 6.45) is 4.39. The molecule has 1 aromatic carbocycles. The molecule has 5 N–H and O–H groups in total. The molecule has 2 rings (SSSR count). The average molecular weight is 464 g/mol.